The van der Waals surface area contributed by atoms with Crippen molar-refractivity contribution in [2.75, 3.05) is 24.7 Å². The van der Waals surface area contributed by atoms with Gasteiger partial charge in [0, 0.05) is 30.2 Å². The molecule has 3 aromatic carbocycles. The fraction of sp³-hybridized carbons (Fsp3) is 0.387. The minimum atomic E-state index is -0.969. The fourth-order valence-electron chi connectivity index (χ4n) is 7.10. The third-order valence-electron chi connectivity index (χ3n) is 9.37. The van der Waals surface area contributed by atoms with Gasteiger partial charge in [-0.15, -0.1) is 0 Å². The van der Waals surface area contributed by atoms with Gasteiger partial charge >= 0.3 is 0 Å². The first-order valence-corrected chi connectivity index (χ1v) is 13.7. The molecule has 40 heavy (non-hydrogen) atoms. The maximum atomic E-state index is 14.3. The maximum Gasteiger partial charge on any atom is 0.247 e. The standard InChI is InChI=1S/C31H30F5N3O/c32-22-3-5-24(6-4-22)39-19-37-29(40)31(39)13-15-38(16-14-31)23-9-11-30(12-10-23,20-1-7-25(33)27(35)17-20)21-2-8-26(34)28(36)18-21/h1-8,17-18,23H,9-16,19H2,(H,37,40). The minimum Gasteiger partial charge on any atom is -0.339 e. The molecule has 4 nitrogen and oxygen atoms in total. The minimum absolute atomic E-state index is 0.0178. The molecule has 0 radical (unpaired) electrons. The second-order valence-corrected chi connectivity index (χ2v) is 11.2. The molecule has 6 rings (SSSR count). The van der Waals surface area contributed by atoms with Gasteiger partial charge in [-0.1, -0.05) is 12.1 Å². The van der Waals surface area contributed by atoms with Gasteiger partial charge in [-0.2, -0.15) is 0 Å². The topological polar surface area (TPSA) is 35.6 Å². The summed E-state index contributed by atoms with van der Waals surface area (Å²) in [5.74, 6) is -4.19. The van der Waals surface area contributed by atoms with E-state index >= 15 is 0 Å². The normalized spacial score (nSPS) is 21.1. The Labute approximate surface area is 229 Å². The zero-order valence-electron chi connectivity index (χ0n) is 21.9. The van der Waals surface area contributed by atoms with Crippen LogP contribution in [0.4, 0.5) is 27.6 Å². The van der Waals surface area contributed by atoms with Gasteiger partial charge in [-0.05, 0) is 98.2 Å². The smallest absolute Gasteiger partial charge is 0.247 e. The van der Waals surface area contributed by atoms with Crippen LogP contribution in [0.3, 0.4) is 0 Å². The molecule has 3 aliphatic rings. The van der Waals surface area contributed by atoms with Crippen LogP contribution in [0.25, 0.3) is 0 Å². The van der Waals surface area contributed by atoms with Crippen molar-refractivity contribution in [3.63, 3.8) is 0 Å². The number of halogens is 5. The van der Waals surface area contributed by atoms with Gasteiger partial charge in [0.05, 0.1) is 6.67 Å². The quantitative estimate of drug-likeness (QED) is 0.399. The van der Waals surface area contributed by atoms with E-state index in [-0.39, 0.29) is 17.8 Å². The van der Waals surface area contributed by atoms with E-state index in [0.717, 1.165) is 30.7 Å². The number of carbonyl (C=O) groups is 1. The molecule has 3 aromatic rings. The van der Waals surface area contributed by atoms with Crippen LogP contribution in [0.1, 0.15) is 49.7 Å². The summed E-state index contributed by atoms with van der Waals surface area (Å²) in [6.45, 7) is 1.76. The van der Waals surface area contributed by atoms with E-state index in [1.54, 1.807) is 12.1 Å². The molecular formula is C31H30F5N3O. The van der Waals surface area contributed by atoms with Crippen LogP contribution in [0.5, 0.6) is 0 Å². The first-order valence-electron chi connectivity index (χ1n) is 13.7. The third-order valence-corrected chi connectivity index (χ3v) is 9.37. The number of hydrogen-bond acceptors (Lipinski definition) is 3. The Hall–Kier alpha value is -3.46. The Morgan fingerprint density at radius 3 is 1.77 bits per heavy atom. The molecule has 210 valence electrons. The van der Waals surface area contributed by atoms with E-state index in [1.165, 1.54) is 36.4 Å². The maximum absolute atomic E-state index is 14.3. The highest BCUT2D eigenvalue weighted by molar-refractivity contribution is 5.93. The fourth-order valence-corrected chi connectivity index (χ4v) is 7.10. The molecule has 1 spiro atoms. The van der Waals surface area contributed by atoms with E-state index < -0.39 is 34.2 Å². The van der Waals surface area contributed by atoms with Crippen molar-refractivity contribution in [1.82, 2.24) is 10.2 Å². The van der Waals surface area contributed by atoms with Gasteiger partial charge in [0.2, 0.25) is 5.91 Å². The molecule has 1 aliphatic carbocycles. The van der Waals surface area contributed by atoms with Crippen LogP contribution in [-0.4, -0.2) is 42.1 Å². The lowest BCUT2D eigenvalue weighted by atomic mass is 9.64. The lowest BCUT2D eigenvalue weighted by Gasteiger charge is -2.49. The summed E-state index contributed by atoms with van der Waals surface area (Å²) in [5, 5.41) is 2.96. The molecule has 0 atom stereocenters. The molecule has 0 unspecified atom stereocenters. The molecular weight excluding hydrogens is 525 g/mol. The Morgan fingerprint density at radius 2 is 1.25 bits per heavy atom. The number of hydrogen-bond donors (Lipinski definition) is 1. The summed E-state index contributed by atoms with van der Waals surface area (Å²) in [7, 11) is 0. The molecule has 3 fully saturated rings. The van der Waals surface area contributed by atoms with E-state index in [0.29, 0.717) is 56.6 Å². The van der Waals surface area contributed by atoms with Crippen molar-refractivity contribution < 1.29 is 26.7 Å². The summed E-state index contributed by atoms with van der Waals surface area (Å²) in [6, 6.07) is 14.0. The number of benzene rings is 3. The summed E-state index contributed by atoms with van der Waals surface area (Å²) >= 11 is 0. The van der Waals surface area contributed by atoms with Crippen molar-refractivity contribution in [3.8, 4) is 0 Å². The Morgan fingerprint density at radius 1 is 0.700 bits per heavy atom. The number of piperidine rings is 1. The highest BCUT2D eigenvalue weighted by Gasteiger charge is 2.51. The van der Waals surface area contributed by atoms with E-state index in [9.17, 15) is 26.7 Å². The van der Waals surface area contributed by atoms with E-state index in [2.05, 4.69) is 10.2 Å². The van der Waals surface area contributed by atoms with Gasteiger partial charge < -0.3 is 15.1 Å². The van der Waals surface area contributed by atoms with Crippen LogP contribution in [-0.2, 0) is 10.2 Å². The lowest BCUT2D eigenvalue weighted by Crippen LogP contribution is -2.58. The van der Waals surface area contributed by atoms with Gasteiger partial charge in [-0.3, -0.25) is 4.79 Å². The zero-order valence-corrected chi connectivity index (χ0v) is 21.9. The first kappa shape index (κ1) is 26.7. The summed E-state index contributed by atoms with van der Waals surface area (Å²) in [5.41, 5.74) is 0.427. The molecule has 1 N–H and O–H groups in total. The first-order chi connectivity index (χ1) is 19.2. The van der Waals surface area contributed by atoms with Crippen LogP contribution < -0.4 is 10.2 Å². The number of nitrogens with one attached hydrogen (secondary N) is 1. The average molecular weight is 556 g/mol. The van der Waals surface area contributed by atoms with Crippen LogP contribution in [0.15, 0.2) is 60.7 Å². The van der Waals surface area contributed by atoms with Crippen LogP contribution >= 0.6 is 0 Å². The van der Waals surface area contributed by atoms with E-state index in [1.807, 2.05) is 4.90 Å². The summed E-state index contributed by atoms with van der Waals surface area (Å²) < 4.78 is 69.7. The molecule has 9 heteroatoms. The van der Waals surface area contributed by atoms with Crippen LogP contribution in [0, 0.1) is 29.1 Å². The zero-order chi connectivity index (χ0) is 28.1. The SMILES string of the molecule is O=C1NCN(c2ccc(F)cc2)C12CCN(C1CCC(c3ccc(F)c(F)c3)(c3ccc(F)c(F)c3)CC1)CC2. The van der Waals surface area contributed by atoms with E-state index in [4.69, 9.17) is 0 Å². The monoisotopic (exact) mass is 555 g/mol. The Balaban J connectivity index is 1.20. The highest BCUT2D eigenvalue weighted by Crippen LogP contribution is 2.47. The highest BCUT2D eigenvalue weighted by atomic mass is 19.2. The molecule has 0 bridgehead atoms. The van der Waals surface area contributed by atoms with Crippen molar-refractivity contribution in [3.05, 3.63) is 101 Å². The second-order valence-electron chi connectivity index (χ2n) is 11.2. The number of likely N-dealkylation sites (tertiary alicyclic amines) is 1. The summed E-state index contributed by atoms with van der Waals surface area (Å²) in [6.07, 6.45) is 3.78. The van der Waals surface area contributed by atoms with Gasteiger partial charge in [0.1, 0.15) is 11.4 Å². The molecule has 1 saturated carbocycles. The van der Waals surface area contributed by atoms with Crippen molar-refractivity contribution in [2.45, 2.75) is 55.5 Å². The number of anilines is 1. The third kappa shape index (κ3) is 4.44. The molecule has 1 amide bonds. The van der Waals surface area contributed by atoms with Crippen molar-refractivity contribution in [2.24, 2.45) is 0 Å². The lowest BCUT2D eigenvalue weighted by molar-refractivity contribution is -0.125. The summed E-state index contributed by atoms with van der Waals surface area (Å²) in [4.78, 5) is 17.4. The number of carbonyl (C=O) groups excluding carboxylic acids is 1. The molecule has 2 aliphatic heterocycles. The van der Waals surface area contributed by atoms with Crippen LogP contribution in [0.2, 0.25) is 0 Å². The van der Waals surface area contributed by atoms with Crippen molar-refractivity contribution >= 4 is 11.6 Å². The number of amides is 1. The Kier molecular flexibility index (Phi) is 6.81. The predicted octanol–water partition coefficient (Wildman–Crippen LogP) is 6.04. The van der Waals surface area contributed by atoms with Gasteiger partial charge in [0.25, 0.3) is 0 Å². The predicted molar refractivity (Wildman–Crippen MR) is 141 cm³/mol. The largest absolute Gasteiger partial charge is 0.339 e. The average Bonchev–Trinajstić information content (AvgIpc) is 3.27. The molecule has 2 saturated heterocycles. The van der Waals surface area contributed by atoms with Gasteiger partial charge in [0.15, 0.2) is 23.3 Å². The van der Waals surface area contributed by atoms with Gasteiger partial charge in [-0.25, -0.2) is 22.0 Å². The van der Waals surface area contributed by atoms with Crippen molar-refractivity contribution in [1.29, 1.82) is 0 Å². The molecule has 2 heterocycles. The number of nitrogens with zero attached hydrogens (tertiary/aromatic N) is 2. The second kappa shape index (κ2) is 10.2. The number of rotatable bonds is 4. The Bertz CT molecular complexity index is 1360. The molecule has 0 aromatic heterocycles.